The third-order valence-corrected chi connectivity index (χ3v) is 4.23. The number of methoxy groups -OCH3 is 1. The summed E-state index contributed by atoms with van der Waals surface area (Å²) in [7, 11) is 1.60. The van der Waals surface area contributed by atoms with Gasteiger partial charge in [-0.1, -0.05) is 12.8 Å². The van der Waals surface area contributed by atoms with E-state index < -0.39 is 0 Å². The van der Waals surface area contributed by atoms with Gasteiger partial charge in [0.2, 0.25) is 0 Å². The monoisotopic (exact) mass is 319 g/mol. The number of carbonyl (C=O) groups excluding carboxylic acids is 2. The van der Waals surface area contributed by atoms with Gasteiger partial charge in [-0.05, 0) is 44.0 Å². The van der Waals surface area contributed by atoms with Gasteiger partial charge in [-0.2, -0.15) is 0 Å². The fraction of sp³-hybridized carbons (Fsp3) is 0.556. The highest BCUT2D eigenvalue weighted by Crippen LogP contribution is 2.25. The van der Waals surface area contributed by atoms with E-state index in [-0.39, 0.29) is 24.3 Å². The standard InChI is InChI=1S/C18H25NO4/c1-3-23-17(20)12-13-19(15-6-4-5-7-15)18(21)14-8-10-16(22-2)11-9-14/h8-11,15H,3-7,12-13H2,1-2H3. The van der Waals surface area contributed by atoms with Crippen molar-refractivity contribution in [2.45, 2.75) is 45.1 Å². The summed E-state index contributed by atoms with van der Waals surface area (Å²) in [6.07, 6.45) is 4.52. The number of esters is 1. The molecule has 0 aliphatic heterocycles. The van der Waals surface area contributed by atoms with Crippen LogP contribution in [0.1, 0.15) is 49.4 Å². The molecule has 0 atom stereocenters. The van der Waals surface area contributed by atoms with E-state index >= 15 is 0 Å². The number of carbonyl (C=O) groups is 2. The first kappa shape index (κ1) is 17.3. The number of hydrogen-bond acceptors (Lipinski definition) is 4. The maximum absolute atomic E-state index is 12.8. The summed E-state index contributed by atoms with van der Waals surface area (Å²) in [6, 6.07) is 7.33. The van der Waals surface area contributed by atoms with Crippen LogP contribution in [-0.4, -0.2) is 43.1 Å². The molecule has 0 unspecified atom stereocenters. The summed E-state index contributed by atoms with van der Waals surface area (Å²) >= 11 is 0. The molecule has 5 nitrogen and oxygen atoms in total. The van der Waals surface area contributed by atoms with Gasteiger partial charge in [0.05, 0.1) is 20.1 Å². The predicted molar refractivity (Wildman–Crippen MR) is 87.5 cm³/mol. The topological polar surface area (TPSA) is 55.8 Å². The predicted octanol–water partition coefficient (Wildman–Crippen LogP) is 3.03. The smallest absolute Gasteiger partial charge is 0.307 e. The van der Waals surface area contributed by atoms with Gasteiger partial charge in [0.15, 0.2) is 0 Å². The maximum atomic E-state index is 12.8. The summed E-state index contributed by atoms with van der Waals surface area (Å²) in [5.41, 5.74) is 0.626. The van der Waals surface area contributed by atoms with Crippen LogP contribution in [0, 0.1) is 0 Å². The van der Waals surface area contributed by atoms with Crippen molar-refractivity contribution < 1.29 is 19.1 Å². The van der Waals surface area contributed by atoms with E-state index in [4.69, 9.17) is 9.47 Å². The Balaban J connectivity index is 2.08. The SMILES string of the molecule is CCOC(=O)CCN(C(=O)c1ccc(OC)cc1)C1CCCC1. The van der Waals surface area contributed by atoms with Gasteiger partial charge in [-0.3, -0.25) is 9.59 Å². The third-order valence-electron chi connectivity index (χ3n) is 4.23. The first-order chi connectivity index (χ1) is 11.2. The van der Waals surface area contributed by atoms with Crippen molar-refractivity contribution in [2.24, 2.45) is 0 Å². The molecule has 1 aliphatic rings. The van der Waals surface area contributed by atoms with Crippen molar-refractivity contribution in [3.8, 4) is 5.75 Å². The van der Waals surface area contributed by atoms with Crippen LogP contribution in [0.25, 0.3) is 0 Å². The highest BCUT2D eigenvalue weighted by Gasteiger charge is 2.27. The fourth-order valence-corrected chi connectivity index (χ4v) is 3.01. The lowest BCUT2D eigenvalue weighted by Gasteiger charge is -2.29. The van der Waals surface area contributed by atoms with Gasteiger partial charge in [-0.15, -0.1) is 0 Å². The third kappa shape index (κ3) is 4.71. The number of rotatable bonds is 7. The molecule has 1 aromatic rings. The zero-order valence-electron chi connectivity index (χ0n) is 13.9. The minimum Gasteiger partial charge on any atom is -0.497 e. The Kier molecular flexibility index (Phi) is 6.44. The summed E-state index contributed by atoms with van der Waals surface area (Å²) in [4.78, 5) is 26.3. The molecular formula is C18H25NO4. The van der Waals surface area contributed by atoms with Crippen LogP contribution in [-0.2, 0) is 9.53 Å². The number of nitrogens with zero attached hydrogens (tertiary/aromatic N) is 1. The molecule has 1 aliphatic carbocycles. The molecule has 1 amide bonds. The maximum Gasteiger partial charge on any atom is 0.307 e. The summed E-state index contributed by atoms with van der Waals surface area (Å²) in [6.45, 7) is 2.57. The number of amides is 1. The van der Waals surface area contributed by atoms with Crippen molar-refractivity contribution in [3.63, 3.8) is 0 Å². The first-order valence-electron chi connectivity index (χ1n) is 8.26. The Morgan fingerprint density at radius 1 is 1.17 bits per heavy atom. The van der Waals surface area contributed by atoms with Gasteiger partial charge >= 0.3 is 5.97 Å². The Labute approximate surface area is 137 Å². The summed E-state index contributed by atoms with van der Waals surface area (Å²) in [5, 5.41) is 0. The van der Waals surface area contributed by atoms with Gasteiger partial charge in [0.25, 0.3) is 5.91 Å². The van der Waals surface area contributed by atoms with Crippen LogP contribution in [0.3, 0.4) is 0 Å². The molecule has 0 bridgehead atoms. The van der Waals surface area contributed by atoms with E-state index in [0.29, 0.717) is 18.7 Å². The van der Waals surface area contributed by atoms with Crippen molar-refractivity contribution in [3.05, 3.63) is 29.8 Å². The Hall–Kier alpha value is -2.04. The molecule has 0 radical (unpaired) electrons. The van der Waals surface area contributed by atoms with Crippen LogP contribution >= 0.6 is 0 Å². The molecule has 126 valence electrons. The average molecular weight is 319 g/mol. The lowest BCUT2D eigenvalue weighted by Crippen LogP contribution is -2.40. The summed E-state index contributed by atoms with van der Waals surface area (Å²) < 4.78 is 10.1. The van der Waals surface area contributed by atoms with Crippen LogP contribution in [0.4, 0.5) is 0 Å². The molecule has 1 saturated carbocycles. The Morgan fingerprint density at radius 2 is 1.83 bits per heavy atom. The van der Waals surface area contributed by atoms with Crippen LogP contribution < -0.4 is 4.74 Å². The van der Waals surface area contributed by atoms with E-state index in [9.17, 15) is 9.59 Å². The Morgan fingerprint density at radius 3 is 2.39 bits per heavy atom. The van der Waals surface area contributed by atoms with Gasteiger partial charge in [0.1, 0.15) is 5.75 Å². The average Bonchev–Trinajstić information content (AvgIpc) is 3.09. The fourth-order valence-electron chi connectivity index (χ4n) is 3.01. The molecule has 23 heavy (non-hydrogen) atoms. The van der Waals surface area contributed by atoms with Crippen molar-refractivity contribution in [1.82, 2.24) is 4.90 Å². The largest absolute Gasteiger partial charge is 0.497 e. The second kappa shape index (κ2) is 8.56. The van der Waals surface area contributed by atoms with Crippen molar-refractivity contribution >= 4 is 11.9 Å². The molecule has 2 rings (SSSR count). The normalized spacial score (nSPS) is 14.5. The second-order valence-electron chi connectivity index (χ2n) is 5.72. The highest BCUT2D eigenvalue weighted by molar-refractivity contribution is 5.94. The number of benzene rings is 1. The lowest BCUT2D eigenvalue weighted by molar-refractivity contribution is -0.143. The Bertz CT molecular complexity index is 520. The van der Waals surface area contributed by atoms with Crippen LogP contribution in [0.2, 0.25) is 0 Å². The van der Waals surface area contributed by atoms with E-state index in [2.05, 4.69) is 0 Å². The van der Waals surface area contributed by atoms with E-state index in [1.807, 2.05) is 4.90 Å². The second-order valence-corrected chi connectivity index (χ2v) is 5.72. The van der Waals surface area contributed by atoms with Gasteiger partial charge in [-0.25, -0.2) is 0 Å². The molecule has 0 N–H and O–H groups in total. The number of ether oxygens (including phenoxy) is 2. The van der Waals surface area contributed by atoms with Crippen LogP contribution in [0.15, 0.2) is 24.3 Å². The molecule has 1 fully saturated rings. The zero-order valence-corrected chi connectivity index (χ0v) is 13.9. The molecule has 5 heteroatoms. The quantitative estimate of drug-likeness (QED) is 0.725. The molecule has 1 aromatic carbocycles. The molecule has 0 spiro atoms. The van der Waals surface area contributed by atoms with Gasteiger partial charge < -0.3 is 14.4 Å². The number of hydrogen-bond donors (Lipinski definition) is 0. The molecule has 0 saturated heterocycles. The van der Waals surface area contributed by atoms with E-state index in [1.54, 1.807) is 38.3 Å². The zero-order chi connectivity index (χ0) is 16.7. The molecular weight excluding hydrogens is 294 g/mol. The minimum atomic E-state index is -0.252. The van der Waals surface area contributed by atoms with E-state index in [1.165, 1.54) is 0 Å². The highest BCUT2D eigenvalue weighted by atomic mass is 16.5. The minimum absolute atomic E-state index is 0.0242. The summed E-state index contributed by atoms with van der Waals surface area (Å²) in [5.74, 6) is 0.447. The van der Waals surface area contributed by atoms with Crippen molar-refractivity contribution in [1.29, 1.82) is 0 Å². The molecule has 0 heterocycles. The van der Waals surface area contributed by atoms with Crippen molar-refractivity contribution in [2.75, 3.05) is 20.3 Å². The first-order valence-corrected chi connectivity index (χ1v) is 8.26. The molecule has 0 aromatic heterocycles. The van der Waals surface area contributed by atoms with Crippen LogP contribution in [0.5, 0.6) is 5.75 Å². The van der Waals surface area contributed by atoms with E-state index in [0.717, 1.165) is 31.4 Å². The van der Waals surface area contributed by atoms with Gasteiger partial charge in [0, 0.05) is 18.2 Å². The lowest BCUT2D eigenvalue weighted by atomic mass is 10.1.